The summed E-state index contributed by atoms with van der Waals surface area (Å²) in [5, 5.41) is 14.0. The monoisotopic (exact) mass is 290 g/mol. The van der Waals surface area contributed by atoms with Crippen molar-refractivity contribution < 1.29 is 4.92 Å². The predicted molar refractivity (Wildman–Crippen MR) is 83.0 cm³/mol. The van der Waals surface area contributed by atoms with Gasteiger partial charge in [0.2, 0.25) is 0 Å². The Morgan fingerprint density at radius 2 is 2.05 bits per heavy atom. The lowest BCUT2D eigenvalue weighted by molar-refractivity contribution is -0.384. The molecule has 0 aliphatic heterocycles. The van der Waals surface area contributed by atoms with E-state index in [2.05, 4.69) is 10.3 Å². The van der Waals surface area contributed by atoms with E-state index in [4.69, 9.17) is 5.73 Å². The van der Waals surface area contributed by atoms with E-state index in [1.807, 2.05) is 6.07 Å². The molecular formula is C15H22N4O2. The van der Waals surface area contributed by atoms with Gasteiger partial charge in [-0.05, 0) is 18.4 Å². The molecule has 1 aliphatic rings. The fraction of sp³-hybridized carbons (Fsp3) is 0.533. The fourth-order valence-electron chi connectivity index (χ4n) is 2.62. The van der Waals surface area contributed by atoms with Crippen LogP contribution in [0.1, 0.15) is 44.1 Å². The van der Waals surface area contributed by atoms with E-state index >= 15 is 0 Å². The molecule has 1 fully saturated rings. The van der Waals surface area contributed by atoms with Crippen molar-refractivity contribution >= 4 is 11.6 Å². The normalized spacial score (nSPS) is 17.2. The smallest absolute Gasteiger partial charge is 0.269 e. The van der Waals surface area contributed by atoms with Crippen LogP contribution >= 0.6 is 0 Å². The highest BCUT2D eigenvalue weighted by Crippen LogP contribution is 2.17. The van der Waals surface area contributed by atoms with Crippen LogP contribution in [0.4, 0.5) is 5.69 Å². The molecule has 0 radical (unpaired) electrons. The number of benzene rings is 1. The molecule has 0 atom stereocenters. The van der Waals surface area contributed by atoms with Gasteiger partial charge in [-0.25, -0.2) is 4.99 Å². The number of guanidine groups is 1. The van der Waals surface area contributed by atoms with Crippen molar-refractivity contribution in [3.63, 3.8) is 0 Å². The van der Waals surface area contributed by atoms with Crippen LogP contribution in [0.5, 0.6) is 0 Å². The number of nitrogens with zero attached hydrogens (tertiary/aromatic N) is 2. The van der Waals surface area contributed by atoms with Crippen LogP contribution in [0, 0.1) is 10.1 Å². The summed E-state index contributed by atoms with van der Waals surface area (Å²) < 4.78 is 0. The van der Waals surface area contributed by atoms with Gasteiger partial charge < -0.3 is 11.1 Å². The van der Waals surface area contributed by atoms with Gasteiger partial charge in [-0.15, -0.1) is 0 Å². The van der Waals surface area contributed by atoms with Crippen LogP contribution in [0.25, 0.3) is 0 Å². The van der Waals surface area contributed by atoms with Gasteiger partial charge in [0.1, 0.15) is 0 Å². The molecule has 1 aromatic carbocycles. The topological polar surface area (TPSA) is 93.5 Å². The summed E-state index contributed by atoms with van der Waals surface area (Å²) >= 11 is 0. The zero-order valence-electron chi connectivity index (χ0n) is 12.1. The molecule has 114 valence electrons. The molecule has 1 aliphatic carbocycles. The van der Waals surface area contributed by atoms with Crippen LogP contribution in [0.2, 0.25) is 0 Å². The van der Waals surface area contributed by atoms with Crippen LogP contribution in [0.15, 0.2) is 29.3 Å². The first kappa shape index (κ1) is 15.3. The van der Waals surface area contributed by atoms with Gasteiger partial charge in [0.15, 0.2) is 5.96 Å². The molecule has 3 N–H and O–H groups in total. The summed E-state index contributed by atoms with van der Waals surface area (Å²) in [5.74, 6) is 0.424. The summed E-state index contributed by atoms with van der Waals surface area (Å²) in [5.41, 5.74) is 6.77. The summed E-state index contributed by atoms with van der Waals surface area (Å²) in [7, 11) is 0. The van der Waals surface area contributed by atoms with Crippen LogP contribution in [0.3, 0.4) is 0 Å². The van der Waals surface area contributed by atoms with Gasteiger partial charge in [0.25, 0.3) is 5.69 Å². The van der Waals surface area contributed by atoms with Gasteiger partial charge in [0, 0.05) is 18.2 Å². The summed E-state index contributed by atoms with van der Waals surface area (Å²) in [4.78, 5) is 14.6. The number of aliphatic imine (C=N–C) groups is 1. The van der Waals surface area contributed by atoms with Gasteiger partial charge >= 0.3 is 0 Å². The molecule has 2 rings (SSSR count). The molecule has 0 spiro atoms. The van der Waals surface area contributed by atoms with E-state index in [1.165, 1.54) is 37.8 Å². The number of nitrogens with two attached hydrogens (primary N) is 1. The highest BCUT2D eigenvalue weighted by Gasteiger charge is 2.12. The molecule has 0 bridgehead atoms. The van der Waals surface area contributed by atoms with Crippen molar-refractivity contribution in [2.24, 2.45) is 10.7 Å². The molecule has 0 unspecified atom stereocenters. The molecule has 1 saturated carbocycles. The Bertz CT molecular complexity index is 508. The highest BCUT2D eigenvalue weighted by atomic mass is 16.6. The first-order valence-corrected chi connectivity index (χ1v) is 7.45. The SMILES string of the molecule is NC(=NCc1cccc([N+](=O)[O-])c1)NC1CCCCCC1. The third-order valence-electron chi connectivity index (χ3n) is 3.76. The number of hydrogen-bond donors (Lipinski definition) is 2. The third-order valence-corrected chi connectivity index (χ3v) is 3.76. The second-order valence-electron chi connectivity index (χ2n) is 5.46. The van der Waals surface area contributed by atoms with Crippen molar-refractivity contribution in [3.05, 3.63) is 39.9 Å². The Morgan fingerprint density at radius 1 is 1.33 bits per heavy atom. The number of nitrogens with one attached hydrogen (secondary N) is 1. The van der Waals surface area contributed by atoms with Crippen LogP contribution < -0.4 is 11.1 Å². The number of nitro groups is 1. The Balaban J connectivity index is 1.90. The lowest BCUT2D eigenvalue weighted by atomic mass is 10.1. The van der Waals surface area contributed by atoms with Crippen molar-refractivity contribution in [1.29, 1.82) is 0 Å². The van der Waals surface area contributed by atoms with E-state index in [9.17, 15) is 10.1 Å². The molecule has 6 heteroatoms. The first-order chi connectivity index (χ1) is 10.1. The second-order valence-corrected chi connectivity index (χ2v) is 5.46. The second kappa shape index (κ2) is 7.61. The average Bonchev–Trinajstić information content (AvgIpc) is 2.74. The van der Waals surface area contributed by atoms with Gasteiger partial charge in [-0.1, -0.05) is 37.8 Å². The zero-order chi connectivity index (χ0) is 15.1. The minimum absolute atomic E-state index is 0.0815. The molecule has 0 saturated heterocycles. The maximum atomic E-state index is 10.7. The van der Waals surface area contributed by atoms with E-state index in [1.54, 1.807) is 6.07 Å². The van der Waals surface area contributed by atoms with E-state index < -0.39 is 4.92 Å². The third kappa shape index (κ3) is 5.06. The van der Waals surface area contributed by atoms with Crippen molar-refractivity contribution in [2.45, 2.75) is 51.1 Å². The maximum absolute atomic E-state index is 10.7. The van der Waals surface area contributed by atoms with Crippen molar-refractivity contribution in [2.75, 3.05) is 0 Å². The number of rotatable bonds is 4. The standard InChI is InChI=1S/C15H22N4O2/c16-15(18-13-7-3-1-2-4-8-13)17-11-12-6-5-9-14(10-12)19(20)21/h5-6,9-10,13H,1-4,7-8,11H2,(H3,16,17,18). The van der Waals surface area contributed by atoms with Gasteiger partial charge in [-0.3, -0.25) is 10.1 Å². The fourth-order valence-corrected chi connectivity index (χ4v) is 2.62. The zero-order valence-corrected chi connectivity index (χ0v) is 12.1. The largest absolute Gasteiger partial charge is 0.370 e. The number of non-ortho nitro benzene ring substituents is 1. The lowest BCUT2D eigenvalue weighted by Gasteiger charge is -2.16. The van der Waals surface area contributed by atoms with E-state index in [-0.39, 0.29) is 5.69 Å². The molecule has 0 amide bonds. The van der Waals surface area contributed by atoms with E-state index in [0.717, 1.165) is 18.4 Å². The Morgan fingerprint density at radius 3 is 2.71 bits per heavy atom. The van der Waals surface area contributed by atoms with E-state index in [0.29, 0.717) is 18.5 Å². The van der Waals surface area contributed by atoms with Gasteiger partial charge in [0.05, 0.1) is 11.5 Å². The molecular weight excluding hydrogens is 268 g/mol. The molecule has 0 aromatic heterocycles. The minimum atomic E-state index is -0.402. The van der Waals surface area contributed by atoms with Crippen LogP contribution in [-0.4, -0.2) is 16.9 Å². The Kier molecular flexibility index (Phi) is 5.54. The summed E-state index contributed by atoms with van der Waals surface area (Å²) in [6.45, 7) is 0.354. The average molecular weight is 290 g/mol. The Hall–Kier alpha value is -2.11. The summed E-state index contributed by atoms with van der Waals surface area (Å²) in [6.07, 6.45) is 7.32. The van der Waals surface area contributed by atoms with Gasteiger partial charge in [-0.2, -0.15) is 0 Å². The number of nitro benzene ring substituents is 1. The number of hydrogen-bond acceptors (Lipinski definition) is 3. The van der Waals surface area contributed by atoms with Crippen molar-refractivity contribution in [3.8, 4) is 0 Å². The first-order valence-electron chi connectivity index (χ1n) is 7.45. The van der Waals surface area contributed by atoms with Crippen LogP contribution in [-0.2, 0) is 6.54 Å². The maximum Gasteiger partial charge on any atom is 0.269 e. The lowest BCUT2D eigenvalue weighted by Crippen LogP contribution is -2.39. The molecule has 6 nitrogen and oxygen atoms in total. The quantitative estimate of drug-likeness (QED) is 0.293. The minimum Gasteiger partial charge on any atom is -0.370 e. The molecule has 0 heterocycles. The summed E-state index contributed by atoms with van der Waals surface area (Å²) in [6, 6.07) is 6.89. The molecule has 1 aromatic rings. The molecule has 21 heavy (non-hydrogen) atoms. The highest BCUT2D eigenvalue weighted by molar-refractivity contribution is 5.78. The Labute approximate surface area is 124 Å². The van der Waals surface area contributed by atoms with Crippen molar-refractivity contribution in [1.82, 2.24) is 5.32 Å². The predicted octanol–water partition coefficient (Wildman–Crippen LogP) is 2.72.